The molecule has 4 nitrogen and oxygen atoms in total. The van der Waals surface area contributed by atoms with E-state index in [-0.39, 0.29) is 11.9 Å². The summed E-state index contributed by atoms with van der Waals surface area (Å²) in [6, 6.07) is 6.28. The molecule has 0 spiro atoms. The summed E-state index contributed by atoms with van der Waals surface area (Å²) in [6.07, 6.45) is 1.56. The van der Waals surface area contributed by atoms with Crippen molar-refractivity contribution in [2.45, 2.75) is 45.8 Å². The number of piperidine rings is 1. The summed E-state index contributed by atoms with van der Waals surface area (Å²) in [4.78, 5) is 14.5. The van der Waals surface area contributed by atoms with Crippen LogP contribution in [0.1, 0.15) is 30.9 Å². The van der Waals surface area contributed by atoms with Gasteiger partial charge in [0, 0.05) is 6.04 Å². The molecule has 1 atom stereocenters. The first-order valence-corrected chi connectivity index (χ1v) is 7.68. The van der Waals surface area contributed by atoms with E-state index in [1.165, 1.54) is 5.56 Å². The van der Waals surface area contributed by atoms with Crippen LogP contribution in [-0.4, -0.2) is 43.1 Å². The third-order valence-electron chi connectivity index (χ3n) is 4.07. The average Bonchev–Trinajstić information content (AvgIpc) is 2.44. The van der Waals surface area contributed by atoms with Crippen LogP contribution >= 0.6 is 0 Å². The molecule has 0 aromatic heterocycles. The van der Waals surface area contributed by atoms with Gasteiger partial charge in [0.2, 0.25) is 0 Å². The van der Waals surface area contributed by atoms with Crippen LogP contribution in [0.25, 0.3) is 0 Å². The summed E-state index contributed by atoms with van der Waals surface area (Å²) >= 11 is 0. The second-order valence-electron chi connectivity index (χ2n) is 6.12. The molecule has 21 heavy (non-hydrogen) atoms. The third kappa shape index (κ3) is 4.46. The predicted molar refractivity (Wildman–Crippen MR) is 84.7 cm³/mol. The minimum absolute atomic E-state index is 0.0236. The number of aryl methyl sites for hydroxylation is 2. The third-order valence-corrected chi connectivity index (χ3v) is 4.07. The van der Waals surface area contributed by atoms with E-state index in [1.807, 2.05) is 32.9 Å². The minimum atomic E-state index is -0.467. The van der Waals surface area contributed by atoms with Gasteiger partial charge in [-0.15, -0.1) is 0 Å². The number of amides is 1. The highest BCUT2D eigenvalue weighted by Crippen LogP contribution is 2.20. The van der Waals surface area contributed by atoms with Gasteiger partial charge in [-0.05, 0) is 65.4 Å². The monoisotopic (exact) mass is 290 g/mol. The highest BCUT2D eigenvalue weighted by Gasteiger charge is 2.22. The zero-order valence-electron chi connectivity index (χ0n) is 13.5. The Hall–Kier alpha value is -1.55. The lowest BCUT2D eigenvalue weighted by Crippen LogP contribution is -2.47. The van der Waals surface area contributed by atoms with Crippen LogP contribution in [0.15, 0.2) is 18.2 Å². The van der Waals surface area contributed by atoms with Crippen molar-refractivity contribution >= 4 is 5.91 Å². The fourth-order valence-electron chi connectivity index (χ4n) is 2.65. The SMILES string of the molecule is Cc1ccc(O[C@H](C)C(=O)NC2CCN(C)CC2)c(C)c1. The molecule has 1 amide bonds. The zero-order valence-corrected chi connectivity index (χ0v) is 13.5. The van der Waals surface area contributed by atoms with Crippen molar-refractivity contribution in [2.24, 2.45) is 0 Å². The Kier molecular flexibility index (Phi) is 5.23. The Morgan fingerprint density at radius 2 is 2.00 bits per heavy atom. The van der Waals surface area contributed by atoms with Crippen molar-refractivity contribution in [3.63, 3.8) is 0 Å². The van der Waals surface area contributed by atoms with Crippen LogP contribution in [0.5, 0.6) is 5.75 Å². The quantitative estimate of drug-likeness (QED) is 0.925. The van der Waals surface area contributed by atoms with Gasteiger partial charge in [-0.2, -0.15) is 0 Å². The number of nitrogens with one attached hydrogen (secondary N) is 1. The maximum Gasteiger partial charge on any atom is 0.260 e. The lowest BCUT2D eigenvalue weighted by atomic mass is 10.1. The van der Waals surface area contributed by atoms with E-state index in [0.29, 0.717) is 0 Å². The van der Waals surface area contributed by atoms with E-state index in [1.54, 1.807) is 0 Å². The van der Waals surface area contributed by atoms with Gasteiger partial charge in [-0.1, -0.05) is 17.7 Å². The number of nitrogens with zero attached hydrogens (tertiary/aromatic N) is 1. The predicted octanol–water partition coefficient (Wildman–Crippen LogP) is 2.28. The van der Waals surface area contributed by atoms with Gasteiger partial charge in [0.15, 0.2) is 6.10 Å². The lowest BCUT2D eigenvalue weighted by Gasteiger charge is -2.30. The van der Waals surface area contributed by atoms with E-state index < -0.39 is 6.10 Å². The normalized spacial score (nSPS) is 18.3. The van der Waals surface area contributed by atoms with E-state index in [4.69, 9.17) is 4.74 Å². The van der Waals surface area contributed by atoms with Crippen LogP contribution in [-0.2, 0) is 4.79 Å². The van der Waals surface area contributed by atoms with Gasteiger partial charge in [0.05, 0.1) is 0 Å². The first-order valence-electron chi connectivity index (χ1n) is 7.68. The van der Waals surface area contributed by atoms with Gasteiger partial charge in [-0.25, -0.2) is 0 Å². The van der Waals surface area contributed by atoms with Crippen LogP contribution in [0.4, 0.5) is 0 Å². The Morgan fingerprint density at radius 1 is 1.33 bits per heavy atom. The number of rotatable bonds is 4. The van der Waals surface area contributed by atoms with Crippen molar-refractivity contribution in [2.75, 3.05) is 20.1 Å². The van der Waals surface area contributed by atoms with Gasteiger partial charge in [0.1, 0.15) is 5.75 Å². The number of hydrogen-bond acceptors (Lipinski definition) is 3. The molecule has 4 heteroatoms. The first-order chi connectivity index (χ1) is 9.95. The highest BCUT2D eigenvalue weighted by molar-refractivity contribution is 5.81. The number of hydrogen-bond donors (Lipinski definition) is 1. The molecule has 1 fully saturated rings. The van der Waals surface area contributed by atoms with Crippen LogP contribution in [0.3, 0.4) is 0 Å². The van der Waals surface area contributed by atoms with Crippen molar-refractivity contribution in [3.8, 4) is 5.75 Å². The van der Waals surface area contributed by atoms with Gasteiger partial charge in [-0.3, -0.25) is 4.79 Å². The molecule has 1 saturated heterocycles. The molecule has 1 aliphatic heterocycles. The largest absolute Gasteiger partial charge is 0.481 e. The molecule has 1 heterocycles. The molecule has 1 aromatic carbocycles. The molecule has 0 saturated carbocycles. The molecule has 1 N–H and O–H groups in total. The molecule has 1 aromatic rings. The number of carbonyl (C=O) groups is 1. The first kappa shape index (κ1) is 15.8. The summed E-state index contributed by atoms with van der Waals surface area (Å²) in [5.74, 6) is 0.760. The Morgan fingerprint density at radius 3 is 2.62 bits per heavy atom. The zero-order chi connectivity index (χ0) is 15.4. The summed E-state index contributed by atoms with van der Waals surface area (Å²) in [5, 5.41) is 3.10. The topological polar surface area (TPSA) is 41.6 Å². The van der Waals surface area contributed by atoms with Gasteiger partial charge < -0.3 is 15.0 Å². The van der Waals surface area contributed by atoms with E-state index in [9.17, 15) is 4.79 Å². The Balaban J connectivity index is 1.87. The van der Waals surface area contributed by atoms with Crippen molar-refractivity contribution < 1.29 is 9.53 Å². The fourth-order valence-corrected chi connectivity index (χ4v) is 2.65. The number of likely N-dealkylation sites (tertiary alicyclic amines) is 1. The molecule has 116 valence electrons. The van der Waals surface area contributed by atoms with Crippen LogP contribution in [0.2, 0.25) is 0 Å². The van der Waals surface area contributed by atoms with Crippen molar-refractivity contribution in [1.29, 1.82) is 0 Å². The minimum Gasteiger partial charge on any atom is -0.481 e. The average molecular weight is 290 g/mol. The smallest absolute Gasteiger partial charge is 0.260 e. The van der Waals surface area contributed by atoms with Crippen LogP contribution in [0, 0.1) is 13.8 Å². The lowest BCUT2D eigenvalue weighted by molar-refractivity contribution is -0.128. The molecule has 0 unspecified atom stereocenters. The van der Waals surface area contributed by atoms with E-state index in [0.717, 1.165) is 37.2 Å². The number of benzene rings is 1. The second-order valence-corrected chi connectivity index (χ2v) is 6.12. The molecule has 0 bridgehead atoms. The number of carbonyl (C=O) groups excluding carboxylic acids is 1. The Labute approximate surface area is 127 Å². The standard InChI is InChI=1S/C17H26N2O2/c1-12-5-6-16(13(2)11-12)21-14(3)17(20)18-15-7-9-19(4)10-8-15/h5-6,11,14-15H,7-10H2,1-4H3,(H,18,20)/t14-/m1/s1. The van der Waals surface area contributed by atoms with E-state index >= 15 is 0 Å². The van der Waals surface area contributed by atoms with Gasteiger partial charge >= 0.3 is 0 Å². The van der Waals surface area contributed by atoms with Crippen molar-refractivity contribution in [3.05, 3.63) is 29.3 Å². The summed E-state index contributed by atoms with van der Waals surface area (Å²) in [5.41, 5.74) is 2.26. The molecule has 0 radical (unpaired) electrons. The highest BCUT2D eigenvalue weighted by atomic mass is 16.5. The maximum absolute atomic E-state index is 12.2. The maximum atomic E-state index is 12.2. The molecule has 1 aliphatic rings. The van der Waals surface area contributed by atoms with Crippen molar-refractivity contribution in [1.82, 2.24) is 10.2 Å². The van der Waals surface area contributed by atoms with E-state index in [2.05, 4.69) is 23.3 Å². The molecular weight excluding hydrogens is 264 g/mol. The summed E-state index contributed by atoms with van der Waals surface area (Å²) < 4.78 is 5.80. The molecular formula is C17H26N2O2. The second kappa shape index (κ2) is 6.94. The molecule has 0 aliphatic carbocycles. The fraction of sp³-hybridized carbons (Fsp3) is 0.588. The number of ether oxygens (including phenoxy) is 1. The summed E-state index contributed by atoms with van der Waals surface area (Å²) in [6.45, 7) is 7.94. The summed E-state index contributed by atoms with van der Waals surface area (Å²) in [7, 11) is 2.12. The van der Waals surface area contributed by atoms with Gasteiger partial charge in [0.25, 0.3) is 5.91 Å². The Bertz CT molecular complexity index is 494. The molecule has 2 rings (SSSR count). The van der Waals surface area contributed by atoms with Crippen LogP contribution < -0.4 is 10.1 Å².